The summed E-state index contributed by atoms with van der Waals surface area (Å²) >= 11 is 0. The van der Waals surface area contributed by atoms with Gasteiger partial charge in [-0.2, -0.15) is 25.3 Å². The van der Waals surface area contributed by atoms with Crippen molar-refractivity contribution in [3.63, 3.8) is 0 Å². The number of piperazine rings is 1. The van der Waals surface area contributed by atoms with Gasteiger partial charge < -0.3 is 34.6 Å². The lowest BCUT2D eigenvalue weighted by atomic mass is 9.89. The van der Waals surface area contributed by atoms with Crippen LogP contribution in [0.5, 0.6) is 11.8 Å². The second-order valence-corrected chi connectivity index (χ2v) is 22.9. The van der Waals surface area contributed by atoms with Gasteiger partial charge in [-0.05, 0) is 115 Å². The van der Waals surface area contributed by atoms with E-state index in [1.54, 1.807) is 4.90 Å². The molecule has 4 aliphatic heterocycles. The average molecular weight is 1070 g/mol. The number of amides is 2. The van der Waals surface area contributed by atoms with Crippen LogP contribution in [-0.2, 0) is 34.0 Å². The Bertz CT molecular complexity index is 3840. The molecule has 4 aromatic carbocycles. The van der Waals surface area contributed by atoms with E-state index in [2.05, 4.69) is 93.2 Å². The first-order valence-corrected chi connectivity index (χ1v) is 28.8. The quantitative estimate of drug-likeness (QED) is 0.0829. The molecule has 5 aromatic heterocycles. The highest BCUT2D eigenvalue weighted by molar-refractivity contribution is 6.07. The Kier molecular flexibility index (Phi) is 13.0. The monoisotopic (exact) mass is 1070 g/mol. The Hall–Kier alpha value is -7.96. The number of hydrogen-bond donors (Lipinski definition) is 3. The van der Waals surface area contributed by atoms with Crippen molar-refractivity contribution in [1.29, 1.82) is 0 Å². The van der Waals surface area contributed by atoms with Crippen LogP contribution < -0.4 is 25.0 Å². The van der Waals surface area contributed by atoms with Gasteiger partial charge in [-0.1, -0.05) is 56.3 Å². The number of carbonyl (C=O) groups excluding carboxylic acids is 2. The molecule has 4 atom stereocenters. The van der Waals surface area contributed by atoms with Gasteiger partial charge >= 0.3 is 6.01 Å². The van der Waals surface area contributed by atoms with Gasteiger partial charge in [-0.3, -0.25) is 29.0 Å². The average Bonchev–Trinajstić information content (AvgIpc) is 4.22. The van der Waals surface area contributed by atoms with E-state index >= 15 is 0 Å². The maximum absolute atomic E-state index is 14.8. The molecule has 18 nitrogen and oxygen atoms in total. The summed E-state index contributed by atoms with van der Waals surface area (Å²) in [6.07, 6.45) is 13.5. The number of aromatic nitrogens is 9. The lowest BCUT2D eigenvalue weighted by Crippen LogP contribution is -2.49. The number of H-pyrrole nitrogens is 1. The van der Waals surface area contributed by atoms with Gasteiger partial charge in [0.15, 0.2) is 5.75 Å². The number of fused-ring (bicyclic) bond motifs is 7. The lowest BCUT2D eigenvalue weighted by molar-refractivity contribution is -0.142. The third-order valence-electron chi connectivity index (χ3n) is 17.4. The smallest absolute Gasteiger partial charge is 0.319 e. The van der Waals surface area contributed by atoms with Crippen molar-refractivity contribution in [2.75, 3.05) is 37.7 Å². The highest BCUT2D eigenvalue weighted by Crippen LogP contribution is 2.53. The van der Waals surface area contributed by atoms with Crippen molar-refractivity contribution >= 4 is 61.2 Å². The number of rotatable bonds is 16. The largest absolute Gasteiger partial charge is 0.486 e. The summed E-state index contributed by atoms with van der Waals surface area (Å²) in [5.41, 5.74) is 11.8. The number of aryl methyl sites for hydroxylation is 2. The van der Waals surface area contributed by atoms with Gasteiger partial charge in [-0.15, -0.1) is 0 Å². The van der Waals surface area contributed by atoms with Crippen molar-refractivity contribution < 1.29 is 23.8 Å². The number of nitrogens with zero attached hydrogens (tertiary/aromatic N) is 10. The van der Waals surface area contributed by atoms with E-state index < -0.39 is 12.1 Å². The topological polar surface area (TPSA) is 195 Å². The number of benzene rings is 4. The van der Waals surface area contributed by atoms with Crippen LogP contribution in [-0.4, -0.2) is 119 Å². The zero-order valence-corrected chi connectivity index (χ0v) is 45.8. The number of hydrogen-bond acceptors (Lipinski definition) is 13. The molecule has 5 aliphatic rings. The number of aromatic amines is 1. The van der Waals surface area contributed by atoms with Crippen LogP contribution in [0.3, 0.4) is 0 Å². The highest BCUT2D eigenvalue weighted by atomic mass is 16.5. The van der Waals surface area contributed by atoms with Crippen LogP contribution in [0, 0.1) is 12.8 Å². The molecule has 410 valence electrons. The molecule has 1 aliphatic carbocycles. The zero-order valence-electron chi connectivity index (χ0n) is 45.8. The third kappa shape index (κ3) is 9.05. The van der Waals surface area contributed by atoms with Gasteiger partial charge in [0.2, 0.25) is 11.8 Å². The number of likely N-dealkylation sites (tertiary alicyclic amines) is 1. The molecule has 80 heavy (non-hydrogen) atoms. The summed E-state index contributed by atoms with van der Waals surface area (Å²) in [5, 5.41) is 27.7. The van der Waals surface area contributed by atoms with Crippen LogP contribution in [0.4, 0.5) is 5.82 Å². The number of pyridine rings is 1. The fourth-order valence-corrected chi connectivity index (χ4v) is 13.1. The fourth-order valence-electron chi connectivity index (χ4n) is 13.1. The molecule has 9 heterocycles. The molecule has 4 saturated heterocycles. The first-order chi connectivity index (χ1) is 39.1. The standard InChI is InChI=1S/C62H67N13O5/c1-5-74-51(18-21-67-74)40-12-9-37(10-13-40)28-65-60(76)52-7-6-22-72(52)61(77)57(35(2)3)75-53-32-64-50-25-38(11-16-44(50)47(53)31-68-75)34-79-58-55(54-36(4)8-17-49-48(54)30-66-71-49)45(39-14-15-39)27-46-56(58)69-62(80-43-19-23-78-24-20-43)70-59(46)73-33-41-26-42(73)29-63-41/h8-13,16-18,21,25,27,30-32,35,39,41-43,52,57,63H,5-7,14-15,19-20,22-24,26,28-29,33-34H2,1-4H3,(H,65,76)(H,66,71)/t41-,42-,52-,57-/m0/s1. The van der Waals surface area contributed by atoms with E-state index in [1.807, 2.05) is 66.2 Å². The minimum absolute atomic E-state index is 0.0529. The molecule has 1 saturated carbocycles. The summed E-state index contributed by atoms with van der Waals surface area (Å²) in [7, 11) is 0. The van der Waals surface area contributed by atoms with Gasteiger partial charge in [0, 0.05) is 91.0 Å². The Labute approximate surface area is 463 Å². The lowest BCUT2D eigenvalue weighted by Gasteiger charge is -2.31. The Morgan fingerprint density at radius 2 is 1.73 bits per heavy atom. The number of ether oxygens (including phenoxy) is 3. The second kappa shape index (κ2) is 20.6. The summed E-state index contributed by atoms with van der Waals surface area (Å²) in [6, 6.07) is 22.9. The van der Waals surface area contributed by atoms with Gasteiger partial charge in [0.1, 0.15) is 36.1 Å². The Balaban J connectivity index is 0.771. The van der Waals surface area contributed by atoms with E-state index in [0.29, 0.717) is 62.5 Å². The Morgan fingerprint density at radius 1 is 0.875 bits per heavy atom. The molecule has 14 rings (SSSR count). The highest BCUT2D eigenvalue weighted by Gasteiger charge is 2.42. The van der Waals surface area contributed by atoms with Gasteiger partial charge in [0.05, 0.1) is 54.0 Å². The molecule has 3 N–H and O–H groups in total. The van der Waals surface area contributed by atoms with E-state index in [1.165, 1.54) is 5.56 Å². The van der Waals surface area contributed by atoms with Crippen molar-refractivity contribution in [3.8, 4) is 34.1 Å². The summed E-state index contributed by atoms with van der Waals surface area (Å²) in [4.78, 5) is 48.6. The van der Waals surface area contributed by atoms with Crippen LogP contribution in [0.2, 0.25) is 0 Å². The predicted molar refractivity (Wildman–Crippen MR) is 307 cm³/mol. The van der Waals surface area contributed by atoms with Crippen LogP contribution in [0.15, 0.2) is 91.5 Å². The SMILES string of the molecule is CCn1nccc1-c1ccc(CNC(=O)[C@@H]2CCCN2C(=O)[C@H](C(C)C)n2ncc3c4ccc(COc5c(-c6c(C)ccc7[nH]ncc67)c(C6CC6)cc6c(N7C[C@@H]8C[C@H]7CN8)nc(OC7CCOCC7)nc56)cc4ncc32)cc1. The minimum atomic E-state index is -0.645. The molecule has 0 unspecified atom stereocenters. The van der Waals surface area contributed by atoms with E-state index in [0.717, 1.165) is 147 Å². The van der Waals surface area contributed by atoms with Crippen molar-refractivity contribution in [2.45, 2.75) is 129 Å². The summed E-state index contributed by atoms with van der Waals surface area (Å²) in [5.74, 6) is 1.58. The van der Waals surface area contributed by atoms with E-state index in [9.17, 15) is 9.59 Å². The van der Waals surface area contributed by atoms with Gasteiger partial charge in [-0.25, -0.2) is 0 Å². The van der Waals surface area contributed by atoms with E-state index in [-0.39, 0.29) is 30.4 Å². The minimum Gasteiger partial charge on any atom is -0.486 e. The first-order valence-electron chi connectivity index (χ1n) is 28.8. The number of carbonyl (C=O) groups is 2. The molecule has 18 heteroatoms. The second-order valence-electron chi connectivity index (χ2n) is 22.9. The first kappa shape index (κ1) is 50.3. The van der Waals surface area contributed by atoms with Crippen molar-refractivity contribution in [1.82, 2.24) is 60.2 Å². The van der Waals surface area contributed by atoms with Crippen molar-refractivity contribution in [3.05, 3.63) is 114 Å². The number of anilines is 1. The maximum Gasteiger partial charge on any atom is 0.319 e. The molecule has 2 amide bonds. The maximum atomic E-state index is 14.8. The molecule has 5 fully saturated rings. The molecule has 0 radical (unpaired) electrons. The van der Waals surface area contributed by atoms with Crippen molar-refractivity contribution in [2.24, 2.45) is 5.92 Å². The number of nitrogens with one attached hydrogen (secondary N) is 3. The molecule has 2 bridgehead atoms. The summed E-state index contributed by atoms with van der Waals surface area (Å²) < 4.78 is 23.5. The van der Waals surface area contributed by atoms with Crippen LogP contribution in [0.25, 0.3) is 66.0 Å². The van der Waals surface area contributed by atoms with E-state index in [4.69, 9.17) is 34.3 Å². The molecule has 9 aromatic rings. The zero-order chi connectivity index (χ0) is 54.2. The third-order valence-corrected chi connectivity index (χ3v) is 17.4. The summed E-state index contributed by atoms with van der Waals surface area (Å²) in [6.45, 7) is 13.3. The molecular weight excluding hydrogens is 1010 g/mol. The van der Waals surface area contributed by atoms with Crippen LogP contribution >= 0.6 is 0 Å². The Morgan fingerprint density at radius 3 is 2.51 bits per heavy atom. The molecule has 0 spiro atoms. The normalized spacial score (nSPS) is 19.8. The predicted octanol–water partition coefficient (Wildman–Crippen LogP) is 9.33. The van der Waals surface area contributed by atoms with Crippen LogP contribution in [0.1, 0.15) is 99.9 Å². The van der Waals surface area contributed by atoms with Gasteiger partial charge in [0.25, 0.3) is 0 Å². The fraction of sp³-hybridized carbons (Fsp3) is 0.419. The molecular formula is C62H67N13O5.